The molecule has 1 N–H and O–H groups in total. The molecule has 0 aromatic heterocycles. The Morgan fingerprint density at radius 2 is 1.87 bits per heavy atom. The topological polar surface area (TPSA) is 92.8 Å². The molecule has 0 radical (unpaired) electrons. The summed E-state index contributed by atoms with van der Waals surface area (Å²) in [5.74, 6) is -2.46. The lowest BCUT2D eigenvalue weighted by molar-refractivity contribution is -0.152. The van der Waals surface area contributed by atoms with Crippen LogP contribution in [0, 0.1) is 18.7 Å². The van der Waals surface area contributed by atoms with E-state index in [0.29, 0.717) is 10.7 Å². The van der Waals surface area contributed by atoms with Crippen molar-refractivity contribution < 1.29 is 27.1 Å². The third-order valence-electron chi connectivity index (χ3n) is 4.99. The number of carbonyl (C=O) groups is 2. The highest BCUT2D eigenvalue weighted by atomic mass is 35.5. The van der Waals surface area contributed by atoms with E-state index in [1.54, 1.807) is 18.2 Å². The number of sulfonamides is 1. The number of hydrogen-bond acceptors (Lipinski definition) is 5. The predicted molar refractivity (Wildman–Crippen MR) is 114 cm³/mol. The number of ether oxygens (including phenoxy) is 1. The molecule has 1 saturated heterocycles. The molecule has 0 aliphatic carbocycles. The Morgan fingerprint density at radius 1 is 1.19 bits per heavy atom. The molecule has 3 rings (SSSR count). The molecule has 166 valence electrons. The third-order valence-corrected chi connectivity index (χ3v) is 7.23. The minimum absolute atomic E-state index is 0.0571. The highest BCUT2D eigenvalue weighted by Gasteiger charge is 2.34. The molecule has 2 aromatic carbocycles. The van der Waals surface area contributed by atoms with Crippen molar-refractivity contribution in [3.05, 3.63) is 58.9 Å². The zero-order valence-electron chi connectivity index (χ0n) is 16.8. The van der Waals surface area contributed by atoms with Gasteiger partial charge in [0.15, 0.2) is 6.61 Å². The first-order valence-electron chi connectivity index (χ1n) is 9.66. The second-order valence-corrected chi connectivity index (χ2v) is 9.56. The summed E-state index contributed by atoms with van der Waals surface area (Å²) in [7, 11) is -3.98. The first-order chi connectivity index (χ1) is 14.7. The van der Waals surface area contributed by atoms with Crippen molar-refractivity contribution in [1.29, 1.82) is 0 Å². The molecule has 0 saturated carbocycles. The molecule has 1 amide bonds. The molecular weight excluding hydrogens is 447 g/mol. The molecule has 1 aliphatic heterocycles. The summed E-state index contributed by atoms with van der Waals surface area (Å²) in [6, 6.07) is 10.3. The van der Waals surface area contributed by atoms with Crippen molar-refractivity contribution >= 4 is 39.2 Å². The van der Waals surface area contributed by atoms with Gasteiger partial charge in [-0.25, -0.2) is 12.8 Å². The standard InChI is InChI=1S/C21H22ClFN2O5S/c1-14-6-7-18(16(22)12-14)24-20(26)13-30-21(27)15-8-10-25(11-9-15)31(28,29)19-5-3-2-4-17(19)23/h2-7,12,15H,8-11,13H2,1H3,(H,24,26). The van der Waals surface area contributed by atoms with Crippen LogP contribution in [-0.2, 0) is 24.3 Å². The van der Waals surface area contributed by atoms with Gasteiger partial charge in [-0.1, -0.05) is 29.8 Å². The van der Waals surface area contributed by atoms with Crippen molar-refractivity contribution in [3.63, 3.8) is 0 Å². The molecule has 1 fully saturated rings. The molecular formula is C21H22ClFN2O5S. The van der Waals surface area contributed by atoms with Gasteiger partial charge in [-0.05, 0) is 49.6 Å². The summed E-state index contributed by atoms with van der Waals surface area (Å²) in [4.78, 5) is 23.9. The van der Waals surface area contributed by atoms with E-state index in [4.69, 9.17) is 16.3 Å². The van der Waals surface area contributed by atoms with Crippen LogP contribution in [0.5, 0.6) is 0 Å². The number of esters is 1. The fraction of sp³-hybridized carbons (Fsp3) is 0.333. The van der Waals surface area contributed by atoms with Gasteiger partial charge in [-0.15, -0.1) is 0 Å². The second kappa shape index (κ2) is 9.76. The number of halogens is 2. The fourth-order valence-electron chi connectivity index (χ4n) is 3.29. The van der Waals surface area contributed by atoms with Gasteiger partial charge in [-0.3, -0.25) is 9.59 Å². The molecule has 0 atom stereocenters. The van der Waals surface area contributed by atoms with Crippen LogP contribution in [0.25, 0.3) is 0 Å². The first kappa shape index (κ1) is 23.2. The lowest BCUT2D eigenvalue weighted by Crippen LogP contribution is -2.41. The van der Waals surface area contributed by atoms with Crippen LogP contribution in [-0.4, -0.2) is 44.3 Å². The maximum atomic E-state index is 13.9. The summed E-state index contributed by atoms with van der Waals surface area (Å²) >= 11 is 6.06. The van der Waals surface area contributed by atoms with Crippen LogP contribution in [0.15, 0.2) is 47.4 Å². The first-order valence-corrected chi connectivity index (χ1v) is 11.5. The molecule has 1 aliphatic rings. The van der Waals surface area contributed by atoms with E-state index < -0.39 is 40.2 Å². The van der Waals surface area contributed by atoms with E-state index in [2.05, 4.69) is 5.32 Å². The van der Waals surface area contributed by atoms with Crippen LogP contribution in [0.1, 0.15) is 18.4 Å². The number of amides is 1. The van der Waals surface area contributed by atoms with E-state index in [-0.39, 0.29) is 30.8 Å². The molecule has 0 bridgehead atoms. The number of nitrogens with one attached hydrogen (secondary N) is 1. The van der Waals surface area contributed by atoms with Gasteiger partial charge >= 0.3 is 5.97 Å². The molecule has 10 heteroatoms. The number of benzene rings is 2. The van der Waals surface area contributed by atoms with Crippen LogP contribution < -0.4 is 5.32 Å². The van der Waals surface area contributed by atoms with E-state index >= 15 is 0 Å². The van der Waals surface area contributed by atoms with Crippen LogP contribution in [0.2, 0.25) is 5.02 Å². The molecule has 7 nitrogen and oxygen atoms in total. The monoisotopic (exact) mass is 468 g/mol. The highest BCUT2D eigenvalue weighted by Crippen LogP contribution is 2.26. The summed E-state index contributed by atoms with van der Waals surface area (Å²) < 4.78 is 45.4. The summed E-state index contributed by atoms with van der Waals surface area (Å²) in [5, 5.41) is 2.95. The van der Waals surface area contributed by atoms with Gasteiger partial charge in [0.05, 0.1) is 16.6 Å². The maximum absolute atomic E-state index is 13.9. The van der Waals surface area contributed by atoms with Crippen LogP contribution in [0.4, 0.5) is 10.1 Å². The number of piperidine rings is 1. The maximum Gasteiger partial charge on any atom is 0.309 e. The van der Waals surface area contributed by atoms with Gasteiger partial charge in [-0.2, -0.15) is 4.31 Å². The van der Waals surface area contributed by atoms with E-state index in [0.717, 1.165) is 15.9 Å². The van der Waals surface area contributed by atoms with Crippen molar-refractivity contribution in [2.24, 2.45) is 5.92 Å². The largest absolute Gasteiger partial charge is 0.455 e. The SMILES string of the molecule is Cc1ccc(NC(=O)COC(=O)C2CCN(S(=O)(=O)c3ccccc3F)CC2)c(Cl)c1. The lowest BCUT2D eigenvalue weighted by atomic mass is 9.98. The number of anilines is 1. The van der Waals surface area contributed by atoms with Crippen molar-refractivity contribution in [3.8, 4) is 0 Å². The normalized spacial score (nSPS) is 15.5. The molecule has 1 heterocycles. The number of carbonyl (C=O) groups excluding carboxylic acids is 2. The van der Waals surface area contributed by atoms with Crippen LogP contribution in [0.3, 0.4) is 0 Å². The molecule has 2 aromatic rings. The van der Waals surface area contributed by atoms with Crippen molar-refractivity contribution in [1.82, 2.24) is 4.31 Å². The number of rotatable bonds is 6. The van der Waals surface area contributed by atoms with Gasteiger partial charge in [0.2, 0.25) is 10.0 Å². The number of nitrogens with zero attached hydrogens (tertiary/aromatic N) is 1. The zero-order valence-corrected chi connectivity index (χ0v) is 18.4. The Hall–Kier alpha value is -2.49. The smallest absolute Gasteiger partial charge is 0.309 e. The van der Waals surface area contributed by atoms with Crippen LogP contribution >= 0.6 is 11.6 Å². The quantitative estimate of drug-likeness (QED) is 0.656. The zero-order chi connectivity index (χ0) is 22.6. The Morgan fingerprint density at radius 3 is 2.52 bits per heavy atom. The van der Waals surface area contributed by atoms with E-state index in [1.165, 1.54) is 18.2 Å². The second-order valence-electron chi connectivity index (χ2n) is 7.25. The Bertz CT molecular complexity index is 1080. The minimum Gasteiger partial charge on any atom is -0.455 e. The third kappa shape index (κ3) is 5.61. The Labute approximate surface area is 185 Å². The predicted octanol–water partition coefficient (Wildman–Crippen LogP) is 3.37. The average molecular weight is 469 g/mol. The van der Waals surface area contributed by atoms with Gasteiger partial charge in [0, 0.05) is 13.1 Å². The van der Waals surface area contributed by atoms with Crippen molar-refractivity contribution in [2.75, 3.05) is 25.0 Å². The summed E-state index contributed by atoms with van der Waals surface area (Å²) in [5.41, 5.74) is 1.36. The molecule has 31 heavy (non-hydrogen) atoms. The summed E-state index contributed by atoms with van der Waals surface area (Å²) in [6.45, 7) is 1.51. The number of aryl methyl sites for hydroxylation is 1. The highest BCUT2D eigenvalue weighted by molar-refractivity contribution is 7.89. The fourth-order valence-corrected chi connectivity index (χ4v) is 5.10. The van der Waals surface area contributed by atoms with Crippen molar-refractivity contribution in [2.45, 2.75) is 24.7 Å². The van der Waals surface area contributed by atoms with Gasteiger partial charge in [0.25, 0.3) is 5.91 Å². The number of hydrogen-bond donors (Lipinski definition) is 1. The minimum atomic E-state index is -3.98. The summed E-state index contributed by atoms with van der Waals surface area (Å²) in [6.07, 6.45) is 0.440. The Kier molecular flexibility index (Phi) is 7.30. The van der Waals surface area contributed by atoms with E-state index in [9.17, 15) is 22.4 Å². The van der Waals surface area contributed by atoms with E-state index in [1.807, 2.05) is 6.92 Å². The van der Waals surface area contributed by atoms with Gasteiger partial charge < -0.3 is 10.1 Å². The molecule has 0 unspecified atom stereocenters. The lowest BCUT2D eigenvalue weighted by Gasteiger charge is -2.30. The Balaban J connectivity index is 1.50. The van der Waals surface area contributed by atoms with Gasteiger partial charge in [0.1, 0.15) is 10.7 Å². The average Bonchev–Trinajstić information content (AvgIpc) is 2.74. The molecule has 0 spiro atoms.